The number of ether oxygens (including phenoxy) is 1. The van der Waals surface area contributed by atoms with E-state index in [0.717, 1.165) is 48.8 Å². The van der Waals surface area contributed by atoms with Crippen LogP contribution < -0.4 is 15.4 Å². The van der Waals surface area contributed by atoms with Crippen molar-refractivity contribution in [1.82, 2.24) is 15.6 Å². The van der Waals surface area contributed by atoms with Gasteiger partial charge in [0.1, 0.15) is 10.9 Å². The number of nitrogens with one attached hydrogen (secondary N) is 2. The molecule has 1 aromatic heterocycles. The molecular weight excluding hydrogens is 359 g/mol. The molecule has 0 amide bonds. The zero-order chi connectivity index (χ0) is 18.1. The van der Waals surface area contributed by atoms with Gasteiger partial charge in [0.15, 0.2) is 5.96 Å². The van der Waals surface area contributed by atoms with Gasteiger partial charge in [0, 0.05) is 31.4 Å². The summed E-state index contributed by atoms with van der Waals surface area (Å²) in [5.74, 6) is 1.52. The molecule has 0 fully saturated rings. The van der Waals surface area contributed by atoms with Gasteiger partial charge in [-0.2, -0.15) is 0 Å². The third kappa shape index (κ3) is 6.44. The van der Waals surface area contributed by atoms with Gasteiger partial charge in [0.25, 0.3) is 0 Å². The molecule has 0 saturated heterocycles. The summed E-state index contributed by atoms with van der Waals surface area (Å²) >= 11 is 12.0. The predicted octanol–water partition coefficient (Wildman–Crippen LogP) is 3.35. The smallest absolute Gasteiger partial charge is 0.190 e. The van der Waals surface area contributed by atoms with E-state index in [1.807, 2.05) is 24.3 Å². The highest BCUT2D eigenvalue weighted by molar-refractivity contribution is 6.31. The summed E-state index contributed by atoms with van der Waals surface area (Å²) < 4.78 is 5.16. The normalized spacial score (nSPS) is 11.3. The van der Waals surface area contributed by atoms with E-state index in [9.17, 15) is 0 Å². The lowest BCUT2D eigenvalue weighted by atomic mass is 10.1. The fourth-order valence-electron chi connectivity index (χ4n) is 2.27. The van der Waals surface area contributed by atoms with Crippen LogP contribution in [-0.2, 0) is 12.8 Å². The lowest BCUT2D eigenvalue weighted by Crippen LogP contribution is -2.39. The van der Waals surface area contributed by atoms with E-state index in [2.05, 4.69) is 20.6 Å². The molecular formula is C18H22Cl2N4O. The van der Waals surface area contributed by atoms with Crippen molar-refractivity contribution in [2.24, 2.45) is 4.99 Å². The fourth-order valence-corrected chi connectivity index (χ4v) is 2.65. The summed E-state index contributed by atoms with van der Waals surface area (Å²) in [5, 5.41) is 7.77. The highest BCUT2D eigenvalue weighted by atomic mass is 35.5. The summed E-state index contributed by atoms with van der Waals surface area (Å²) in [6.07, 6.45) is 3.42. The minimum absolute atomic E-state index is 0.506. The Kier molecular flexibility index (Phi) is 7.82. The Labute approximate surface area is 158 Å². The maximum atomic E-state index is 6.25. The van der Waals surface area contributed by atoms with Crippen molar-refractivity contribution in [1.29, 1.82) is 0 Å². The monoisotopic (exact) mass is 380 g/mol. The minimum atomic E-state index is 0.506. The van der Waals surface area contributed by atoms with Crippen molar-refractivity contribution in [2.75, 3.05) is 27.2 Å². The molecule has 2 rings (SSSR count). The average Bonchev–Trinajstić information content (AvgIpc) is 2.63. The van der Waals surface area contributed by atoms with Gasteiger partial charge in [0.2, 0.25) is 0 Å². The summed E-state index contributed by atoms with van der Waals surface area (Å²) in [6, 6.07) is 9.48. The molecule has 0 spiro atoms. The number of hydrogen-bond donors (Lipinski definition) is 2. The number of guanidine groups is 1. The lowest BCUT2D eigenvalue weighted by Gasteiger charge is -2.12. The molecule has 0 radical (unpaired) electrons. The van der Waals surface area contributed by atoms with Crippen molar-refractivity contribution in [3.05, 3.63) is 57.8 Å². The molecule has 7 heteroatoms. The number of aliphatic imine (C=N–C) groups is 1. The summed E-state index contributed by atoms with van der Waals surface area (Å²) in [6.45, 7) is 1.49. The van der Waals surface area contributed by atoms with Crippen LogP contribution >= 0.6 is 23.2 Å². The number of halogens is 2. The second kappa shape index (κ2) is 10.1. The van der Waals surface area contributed by atoms with Crippen LogP contribution in [0.2, 0.25) is 10.2 Å². The molecule has 0 unspecified atom stereocenters. The number of aromatic nitrogens is 1. The number of hydrogen-bond acceptors (Lipinski definition) is 3. The van der Waals surface area contributed by atoms with Crippen LogP contribution in [-0.4, -0.2) is 38.2 Å². The Morgan fingerprint density at radius 2 is 1.88 bits per heavy atom. The summed E-state index contributed by atoms with van der Waals surface area (Å²) in [4.78, 5) is 8.29. The van der Waals surface area contributed by atoms with Crippen LogP contribution in [0.25, 0.3) is 0 Å². The maximum Gasteiger partial charge on any atom is 0.190 e. The van der Waals surface area contributed by atoms with Gasteiger partial charge >= 0.3 is 0 Å². The number of rotatable bonds is 7. The molecule has 0 aliphatic heterocycles. The minimum Gasteiger partial charge on any atom is -0.497 e. The second-order valence-corrected chi connectivity index (χ2v) is 6.17. The van der Waals surface area contributed by atoms with E-state index in [-0.39, 0.29) is 0 Å². The van der Waals surface area contributed by atoms with Crippen molar-refractivity contribution in [3.8, 4) is 5.75 Å². The van der Waals surface area contributed by atoms with Crippen LogP contribution in [0.15, 0.2) is 41.5 Å². The lowest BCUT2D eigenvalue weighted by molar-refractivity contribution is 0.414. The van der Waals surface area contributed by atoms with E-state index in [1.165, 1.54) is 0 Å². The molecule has 25 heavy (non-hydrogen) atoms. The molecule has 2 N–H and O–H groups in total. The third-order valence-corrected chi connectivity index (χ3v) is 4.24. The highest BCUT2D eigenvalue weighted by Gasteiger charge is 2.03. The SMILES string of the molecule is CN=C(NCCc1ccc(Cl)nc1)NCCc1ccc(OC)cc1Cl. The average molecular weight is 381 g/mol. The Morgan fingerprint density at radius 1 is 1.12 bits per heavy atom. The first kappa shape index (κ1) is 19.3. The molecule has 0 aliphatic carbocycles. The predicted molar refractivity (Wildman–Crippen MR) is 104 cm³/mol. The van der Waals surface area contributed by atoms with E-state index in [1.54, 1.807) is 26.4 Å². The molecule has 0 atom stereocenters. The van der Waals surface area contributed by atoms with Gasteiger partial charge < -0.3 is 15.4 Å². The number of benzene rings is 1. The van der Waals surface area contributed by atoms with Crippen molar-refractivity contribution in [3.63, 3.8) is 0 Å². The zero-order valence-electron chi connectivity index (χ0n) is 14.4. The fraction of sp³-hybridized carbons (Fsp3) is 0.333. The van der Waals surface area contributed by atoms with Crippen LogP contribution in [0.5, 0.6) is 5.75 Å². The quantitative estimate of drug-likeness (QED) is 0.439. The van der Waals surface area contributed by atoms with Crippen LogP contribution in [0.3, 0.4) is 0 Å². The van der Waals surface area contributed by atoms with E-state index >= 15 is 0 Å². The highest BCUT2D eigenvalue weighted by Crippen LogP contribution is 2.22. The number of pyridine rings is 1. The molecule has 0 saturated carbocycles. The molecule has 1 aromatic carbocycles. The van der Waals surface area contributed by atoms with E-state index in [0.29, 0.717) is 10.2 Å². The topological polar surface area (TPSA) is 58.5 Å². The van der Waals surface area contributed by atoms with Gasteiger partial charge in [-0.05, 0) is 42.2 Å². The van der Waals surface area contributed by atoms with Gasteiger partial charge in [0.05, 0.1) is 7.11 Å². The first-order chi connectivity index (χ1) is 12.1. The Balaban J connectivity index is 1.74. The first-order valence-corrected chi connectivity index (χ1v) is 8.75. The molecule has 2 aromatic rings. The standard InChI is InChI=1S/C18H22Cl2N4O/c1-21-18(22-9-7-13-3-6-17(20)24-12-13)23-10-8-14-4-5-15(25-2)11-16(14)19/h3-6,11-12H,7-10H2,1-2H3,(H2,21,22,23). The largest absolute Gasteiger partial charge is 0.497 e. The molecule has 1 heterocycles. The van der Waals surface area contributed by atoms with E-state index < -0.39 is 0 Å². The molecule has 0 bridgehead atoms. The van der Waals surface area contributed by atoms with Gasteiger partial charge in [-0.1, -0.05) is 35.3 Å². The third-order valence-electron chi connectivity index (χ3n) is 3.67. The van der Waals surface area contributed by atoms with Crippen LogP contribution in [0.1, 0.15) is 11.1 Å². The molecule has 134 valence electrons. The van der Waals surface area contributed by atoms with Crippen molar-refractivity contribution in [2.45, 2.75) is 12.8 Å². The summed E-state index contributed by atoms with van der Waals surface area (Å²) in [5.41, 5.74) is 2.19. The van der Waals surface area contributed by atoms with E-state index in [4.69, 9.17) is 27.9 Å². The molecule has 0 aliphatic rings. The summed E-state index contributed by atoms with van der Waals surface area (Å²) in [7, 11) is 3.38. The Hall–Kier alpha value is -1.98. The second-order valence-electron chi connectivity index (χ2n) is 5.37. The molecule has 5 nitrogen and oxygen atoms in total. The zero-order valence-corrected chi connectivity index (χ0v) is 15.9. The van der Waals surface area contributed by atoms with Crippen molar-refractivity contribution >= 4 is 29.2 Å². The Morgan fingerprint density at radius 3 is 2.48 bits per heavy atom. The van der Waals surface area contributed by atoms with Gasteiger partial charge in [-0.25, -0.2) is 4.98 Å². The Bertz CT molecular complexity index is 705. The number of methoxy groups -OCH3 is 1. The van der Waals surface area contributed by atoms with Crippen LogP contribution in [0.4, 0.5) is 0 Å². The maximum absolute atomic E-state index is 6.25. The van der Waals surface area contributed by atoms with Gasteiger partial charge in [-0.3, -0.25) is 4.99 Å². The van der Waals surface area contributed by atoms with Crippen molar-refractivity contribution < 1.29 is 4.74 Å². The van der Waals surface area contributed by atoms with Crippen LogP contribution in [0, 0.1) is 0 Å². The van der Waals surface area contributed by atoms with Gasteiger partial charge in [-0.15, -0.1) is 0 Å². The first-order valence-electron chi connectivity index (χ1n) is 7.99. The number of nitrogens with zero attached hydrogens (tertiary/aromatic N) is 2.